The summed E-state index contributed by atoms with van der Waals surface area (Å²) in [4.78, 5) is 13.7. The molecule has 2 rings (SSSR count). The number of aromatic nitrogens is 1. The molecular weight excluding hydrogens is 272 g/mol. The number of ether oxygens (including phenoxy) is 1. The van der Waals surface area contributed by atoms with E-state index in [0.29, 0.717) is 0 Å². The van der Waals surface area contributed by atoms with Crippen molar-refractivity contribution in [3.63, 3.8) is 0 Å². The van der Waals surface area contributed by atoms with Crippen molar-refractivity contribution >= 4 is 32.9 Å². The molecule has 3 N–H and O–H groups in total. The third-order valence-electron chi connectivity index (χ3n) is 2.44. The Morgan fingerprint density at radius 3 is 3.00 bits per heavy atom. The average molecular weight is 283 g/mol. The number of H-pyrrole nitrogens is 1. The molecule has 0 radical (unpaired) electrons. The van der Waals surface area contributed by atoms with Gasteiger partial charge in [0.1, 0.15) is 6.61 Å². The number of aromatic amines is 1. The molecule has 0 unspecified atom stereocenters. The SMILES string of the molecule is Cc1c(Br)[nH]c2ccc(COC(N)=O)cc12. The summed E-state index contributed by atoms with van der Waals surface area (Å²) in [5, 5.41) is 1.11. The molecular formula is C11H11BrN2O2. The Balaban J connectivity index is 2.35. The fourth-order valence-corrected chi connectivity index (χ4v) is 2.01. The molecule has 0 aliphatic heterocycles. The van der Waals surface area contributed by atoms with Crippen LogP contribution in [0.5, 0.6) is 0 Å². The molecule has 0 aliphatic rings. The first kappa shape index (κ1) is 11.0. The molecule has 0 fully saturated rings. The molecule has 16 heavy (non-hydrogen) atoms. The minimum Gasteiger partial charge on any atom is -0.445 e. The molecule has 1 amide bonds. The molecule has 0 bridgehead atoms. The molecule has 5 heteroatoms. The van der Waals surface area contributed by atoms with E-state index in [2.05, 4.69) is 20.9 Å². The Kier molecular flexibility index (Phi) is 2.87. The lowest BCUT2D eigenvalue weighted by Gasteiger charge is -2.02. The number of carbonyl (C=O) groups excluding carboxylic acids is 1. The first-order valence-corrected chi connectivity index (χ1v) is 5.56. The molecule has 1 aromatic heterocycles. The van der Waals surface area contributed by atoms with Gasteiger partial charge in [0.05, 0.1) is 4.60 Å². The minimum absolute atomic E-state index is 0.202. The maximum atomic E-state index is 10.5. The van der Waals surface area contributed by atoms with Crippen molar-refractivity contribution in [2.24, 2.45) is 5.73 Å². The van der Waals surface area contributed by atoms with Gasteiger partial charge in [0.15, 0.2) is 0 Å². The Bertz CT molecular complexity index is 548. The highest BCUT2D eigenvalue weighted by atomic mass is 79.9. The van der Waals surface area contributed by atoms with Gasteiger partial charge < -0.3 is 15.5 Å². The van der Waals surface area contributed by atoms with E-state index in [9.17, 15) is 4.79 Å². The normalized spacial score (nSPS) is 10.6. The number of nitrogens with two attached hydrogens (primary N) is 1. The first-order valence-electron chi connectivity index (χ1n) is 4.77. The molecule has 0 saturated heterocycles. The summed E-state index contributed by atoms with van der Waals surface area (Å²) < 4.78 is 5.71. The number of hydrogen-bond acceptors (Lipinski definition) is 2. The van der Waals surface area contributed by atoms with Crippen LogP contribution in [-0.4, -0.2) is 11.1 Å². The van der Waals surface area contributed by atoms with Crippen LogP contribution >= 0.6 is 15.9 Å². The summed E-state index contributed by atoms with van der Waals surface area (Å²) in [6.45, 7) is 2.22. The third-order valence-corrected chi connectivity index (χ3v) is 3.24. The first-order chi connectivity index (χ1) is 7.58. The van der Waals surface area contributed by atoms with Crippen LogP contribution in [0.2, 0.25) is 0 Å². The van der Waals surface area contributed by atoms with Crippen molar-refractivity contribution in [1.82, 2.24) is 4.98 Å². The fraction of sp³-hybridized carbons (Fsp3) is 0.182. The number of benzene rings is 1. The Morgan fingerprint density at radius 2 is 2.31 bits per heavy atom. The Morgan fingerprint density at radius 1 is 1.56 bits per heavy atom. The molecule has 1 heterocycles. The second-order valence-electron chi connectivity index (χ2n) is 3.55. The van der Waals surface area contributed by atoms with Crippen molar-refractivity contribution in [3.8, 4) is 0 Å². The Labute approximate surface area is 101 Å². The monoisotopic (exact) mass is 282 g/mol. The second kappa shape index (κ2) is 4.17. The van der Waals surface area contributed by atoms with Crippen molar-refractivity contribution in [1.29, 1.82) is 0 Å². The van der Waals surface area contributed by atoms with Crippen LogP contribution < -0.4 is 5.73 Å². The second-order valence-corrected chi connectivity index (χ2v) is 4.34. The van der Waals surface area contributed by atoms with E-state index in [1.807, 2.05) is 25.1 Å². The summed E-state index contributed by atoms with van der Waals surface area (Å²) >= 11 is 3.43. The lowest BCUT2D eigenvalue weighted by molar-refractivity contribution is 0.150. The van der Waals surface area contributed by atoms with Crippen molar-refractivity contribution in [3.05, 3.63) is 33.9 Å². The van der Waals surface area contributed by atoms with Crippen LogP contribution in [0, 0.1) is 6.92 Å². The van der Waals surface area contributed by atoms with E-state index in [-0.39, 0.29) is 6.61 Å². The van der Waals surface area contributed by atoms with Gasteiger partial charge >= 0.3 is 6.09 Å². The number of primary amides is 1. The largest absolute Gasteiger partial charge is 0.445 e. The number of rotatable bonds is 2. The third kappa shape index (κ3) is 2.04. The van der Waals surface area contributed by atoms with Gasteiger partial charge in [-0.25, -0.2) is 4.79 Å². The van der Waals surface area contributed by atoms with Gasteiger partial charge in [-0.2, -0.15) is 0 Å². The summed E-state index contributed by atoms with van der Waals surface area (Å²) in [5.41, 5.74) is 8.01. The van der Waals surface area contributed by atoms with E-state index in [1.165, 1.54) is 0 Å². The summed E-state index contributed by atoms with van der Waals surface area (Å²) in [6.07, 6.45) is -0.757. The number of aryl methyl sites for hydroxylation is 1. The average Bonchev–Trinajstić information content (AvgIpc) is 2.52. The summed E-state index contributed by atoms with van der Waals surface area (Å²) in [6, 6.07) is 5.83. The van der Waals surface area contributed by atoms with Crippen LogP contribution in [0.4, 0.5) is 4.79 Å². The van der Waals surface area contributed by atoms with Crippen LogP contribution in [0.15, 0.2) is 22.8 Å². The maximum Gasteiger partial charge on any atom is 0.404 e. The molecule has 0 saturated carbocycles. The van der Waals surface area contributed by atoms with E-state index < -0.39 is 6.09 Å². The van der Waals surface area contributed by atoms with Gasteiger partial charge in [0, 0.05) is 10.9 Å². The smallest absolute Gasteiger partial charge is 0.404 e. The van der Waals surface area contributed by atoms with E-state index in [1.54, 1.807) is 0 Å². The quantitative estimate of drug-likeness (QED) is 0.889. The molecule has 2 aromatic rings. The molecule has 4 nitrogen and oxygen atoms in total. The highest BCUT2D eigenvalue weighted by Crippen LogP contribution is 2.26. The number of halogens is 1. The van der Waals surface area contributed by atoms with Crippen LogP contribution in [0.3, 0.4) is 0 Å². The predicted molar refractivity (Wildman–Crippen MR) is 65.1 cm³/mol. The zero-order chi connectivity index (χ0) is 11.7. The number of hydrogen-bond donors (Lipinski definition) is 2. The zero-order valence-corrected chi connectivity index (χ0v) is 10.3. The molecule has 0 spiro atoms. The molecule has 84 valence electrons. The number of nitrogens with one attached hydrogen (secondary N) is 1. The van der Waals surface area contributed by atoms with Gasteiger partial charge in [-0.15, -0.1) is 0 Å². The molecule has 0 atom stereocenters. The lowest BCUT2D eigenvalue weighted by Crippen LogP contribution is -2.12. The van der Waals surface area contributed by atoms with Crippen molar-refractivity contribution < 1.29 is 9.53 Å². The summed E-state index contributed by atoms with van der Waals surface area (Å²) in [7, 11) is 0. The number of amides is 1. The predicted octanol–water partition coefficient (Wildman–Crippen LogP) is 2.83. The van der Waals surface area contributed by atoms with E-state index in [4.69, 9.17) is 10.5 Å². The molecule has 1 aromatic carbocycles. The van der Waals surface area contributed by atoms with Crippen LogP contribution in [0.1, 0.15) is 11.1 Å². The van der Waals surface area contributed by atoms with Crippen LogP contribution in [-0.2, 0) is 11.3 Å². The van der Waals surface area contributed by atoms with Crippen LogP contribution in [0.25, 0.3) is 10.9 Å². The maximum absolute atomic E-state index is 10.5. The van der Waals surface area contributed by atoms with E-state index >= 15 is 0 Å². The van der Waals surface area contributed by atoms with Gasteiger partial charge in [0.25, 0.3) is 0 Å². The van der Waals surface area contributed by atoms with Crippen molar-refractivity contribution in [2.45, 2.75) is 13.5 Å². The van der Waals surface area contributed by atoms with E-state index in [0.717, 1.165) is 26.6 Å². The summed E-state index contributed by atoms with van der Waals surface area (Å²) in [5.74, 6) is 0. The van der Waals surface area contributed by atoms with Gasteiger partial charge in [-0.1, -0.05) is 6.07 Å². The standard InChI is InChI=1S/C11H11BrN2O2/c1-6-8-4-7(5-16-11(13)15)2-3-9(8)14-10(6)12/h2-4,14H,5H2,1H3,(H2,13,15). The lowest BCUT2D eigenvalue weighted by atomic mass is 10.1. The number of fused-ring (bicyclic) bond motifs is 1. The highest BCUT2D eigenvalue weighted by molar-refractivity contribution is 9.10. The van der Waals surface area contributed by atoms with Gasteiger partial charge in [-0.3, -0.25) is 0 Å². The number of carbonyl (C=O) groups is 1. The minimum atomic E-state index is -0.757. The van der Waals surface area contributed by atoms with Gasteiger partial charge in [-0.05, 0) is 46.1 Å². The fourth-order valence-electron chi connectivity index (χ4n) is 1.59. The zero-order valence-electron chi connectivity index (χ0n) is 8.71. The molecule has 0 aliphatic carbocycles. The topological polar surface area (TPSA) is 68.1 Å². The Hall–Kier alpha value is -1.49. The van der Waals surface area contributed by atoms with Crippen molar-refractivity contribution in [2.75, 3.05) is 0 Å². The highest BCUT2D eigenvalue weighted by Gasteiger charge is 2.06. The van der Waals surface area contributed by atoms with Gasteiger partial charge in [0.2, 0.25) is 0 Å².